The summed E-state index contributed by atoms with van der Waals surface area (Å²) in [6.45, 7) is 5.01. The Morgan fingerprint density at radius 1 is 1.05 bits per heavy atom. The number of anilines is 1. The summed E-state index contributed by atoms with van der Waals surface area (Å²) in [5.41, 5.74) is 3.71. The number of rotatable bonds is 10. The molecule has 0 N–H and O–H groups in total. The van der Waals surface area contributed by atoms with Crippen molar-refractivity contribution in [3.8, 4) is 11.1 Å². The number of furan rings is 1. The minimum Gasteiger partial charge on any atom is -0.465 e. The molecule has 212 valence electrons. The third-order valence-corrected chi connectivity index (χ3v) is 7.56. The Kier molecular flexibility index (Phi) is 7.90. The van der Waals surface area contributed by atoms with Crippen LogP contribution in [-0.2, 0) is 13.6 Å². The molecular formula is C29H31N7O5. The zero-order chi connectivity index (χ0) is 29.1. The van der Waals surface area contributed by atoms with Crippen LogP contribution in [0.1, 0.15) is 44.4 Å². The van der Waals surface area contributed by atoms with E-state index < -0.39 is 9.85 Å². The Balaban J connectivity index is 1.55. The van der Waals surface area contributed by atoms with E-state index in [1.54, 1.807) is 29.5 Å². The average Bonchev–Trinajstić information content (AvgIpc) is 3.65. The quantitative estimate of drug-likeness (QED) is 0.164. The third kappa shape index (κ3) is 6.32. The third-order valence-electron chi connectivity index (χ3n) is 7.56. The molecule has 0 spiro atoms. The highest BCUT2D eigenvalue weighted by Gasteiger charge is 2.28. The lowest BCUT2D eigenvalue weighted by Crippen LogP contribution is -2.30. The predicted octanol–water partition coefficient (Wildman–Crippen LogP) is 6.20. The molecule has 0 fully saturated rings. The number of benzene rings is 1. The average molecular weight is 558 g/mol. The van der Waals surface area contributed by atoms with Crippen molar-refractivity contribution in [3.63, 3.8) is 0 Å². The van der Waals surface area contributed by atoms with Crippen LogP contribution >= 0.6 is 0 Å². The standard InChI is InChI=1S/C29H31N7O5/c1-19(2)21-6-7-27(28-5-4-8-41-28)22(11-21)18-34(16-20-9-25(35(37)38)12-26(10-20)36(39)40)29-30-13-23(14-31-29)24-15-32-33(3)17-24/h4-5,8-10,12-15,17,19,21H,6-7,11,16,18H2,1-3H3. The zero-order valence-corrected chi connectivity index (χ0v) is 23.1. The van der Waals surface area contributed by atoms with Crippen molar-refractivity contribution < 1.29 is 14.3 Å². The largest absolute Gasteiger partial charge is 0.465 e. The first-order valence-electron chi connectivity index (χ1n) is 13.4. The number of hydrogen-bond acceptors (Lipinski definition) is 9. The Hall–Kier alpha value is -4.87. The van der Waals surface area contributed by atoms with Gasteiger partial charge in [0.25, 0.3) is 11.4 Å². The maximum Gasteiger partial charge on any atom is 0.276 e. The number of nitro groups is 2. The number of nitro benzene ring substituents is 2. The van der Waals surface area contributed by atoms with Gasteiger partial charge >= 0.3 is 0 Å². The fourth-order valence-electron chi connectivity index (χ4n) is 5.34. The summed E-state index contributed by atoms with van der Waals surface area (Å²) in [6.07, 6.45) is 11.4. The van der Waals surface area contributed by atoms with E-state index in [0.29, 0.717) is 29.9 Å². The maximum atomic E-state index is 11.6. The lowest BCUT2D eigenvalue weighted by atomic mass is 9.77. The van der Waals surface area contributed by atoms with Gasteiger partial charge in [-0.25, -0.2) is 9.97 Å². The normalized spacial score (nSPS) is 15.4. The van der Waals surface area contributed by atoms with Gasteiger partial charge in [-0.2, -0.15) is 5.10 Å². The second kappa shape index (κ2) is 11.7. The van der Waals surface area contributed by atoms with E-state index in [2.05, 4.69) is 28.9 Å². The van der Waals surface area contributed by atoms with Gasteiger partial charge in [-0.1, -0.05) is 13.8 Å². The highest BCUT2D eigenvalue weighted by Crippen LogP contribution is 2.39. The van der Waals surface area contributed by atoms with E-state index in [-0.39, 0.29) is 17.9 Å². The summed E-state index contributed by atoms with van der Waals surface area (Å²) in [5, 5.41) is 27.3. The lowest BCUT2D eigenvalue weighted by Gasteiger charge is -2.32. The van der Waals surface area contributed by atoms with Crippen LogP contribution in [0.4, 0.5) is 17.3 Å². The minimum atomic E-state index is -0.619. The fraction of sp³-hybridized carbons (Fsp3) is 0.345. The van der Waals surface area contributed by atoms with Crippen LogP contribution in [-0.4, -0.2) is 36.1 Å². The lowest BCUT2D eigenvalue weighted by molar-refractivity contribution is -0.394. The SMILES string of the molecule is CC(C)C1CCC(c2ccco2)=C(CN(Cc2cc([N+](=O)[O-])cc([N+](=O)[O-])c2)c2ncc(-c3cnn(C)c3)cn2)C1. The molecule has 1 unspecified atom stereocenters. The molecule has 3 heterocycles. The van der Waals surface area contributed by atoms with Crippen molar-refractivity contribution >= 4 is 22.9 Å². The molecule has 0 bridgehead atoms. The molecule has 0 radical (unpaired) electrons. The monoisotopic (exact) mass is 557 g/mol. The first-order chi connectivity index (χ1) is 19.7. The summed E-state index contributed by atoms with van der Waals surface area (Å²) in [7, 11) is 1.83. The Morgan fingerprint density at radius 3 is 2.32 bits per heavy atom. The van der Waals surface area contributed by atoms with Gasteiger partial charge in [0.2, 0.25) is 5.95 Å². The Morgan fingerprint density at radius 2 is 1.76 bits per heavy atom. The van der Waals surface area contributed by atoms with Gasteiger partial charge < -0.3 is 9.32 Å². The highest BCUT2D eigenvalue weighted by molar-refractivity contribution is 5.67. The van der Waals surface area contributed by atoms with Crippen LogP contribution in [0.2, 0.25) is 0 Å². The van der Waals surface area contributed by atoms with Gasteiger partial charge in [0, 0.05) is 62.0 Å². The molecule has 1 aliphatic carbocycles. The molecule has 12 nitrogen and oxygen atoms in total. The van der Waals surface area contributed by atoms with Crippen molar-refractivity contribution in [1.29, 1.82) is 0 Å². The van der Waals surface area contributed by atoms with Gasteiger partial charge in [0.1, 0.15) is 5.76 Å². The summed E-state index contributed by atoms with van der Waals surface area (Å²) >= 11 is 0. The molecule has 4 aromatic rings. The van der Waals surface area contributed by atoms with Crippen LogP contribution in [0.15, 0.2) is 71.4 Å². The Bertz CT molecular complexity index is 1540. The van der Waals surface area contributed by atoms with E-state index in [1.807, 2.05) is 30.3 Å². The molecule has 1 aliphatic rings. The van der Waals surface area contributed by atoms with Gasteiger partial charge in [-0.3, -0.25) is 24.9 Å². The minimum absolute atomic E-state index is 0.135. The number of aromatic nitrogens is 4. The number of allylic oxidation sites excluding steroid dienone is 1. The van der Waals surface area contributed by atoms with E-state index in [0.717, 1.165) is 47.8 Å². The maximum absolute atomic E-state index is 11.6. The van der Waals surface area contributed by atoms with Crippen LogP contribution in [0.3, 0.4) is 0 Å². The van der Waals surface area contributed by atoms with Crippen molar-refractivity contribution in [2.45, 2.75) is 39.7 Å². The van der Waals surface area contributed by atoms with Gasteiger partial charge in [0.15, 0.2) is 0 Å². The molecule has 1 aromatic carbocycles. The second-order valence-corrected chi connectivity index (χ2v) is 10.7. The van der Waals surface area contributed by atoms with Crippen LogP contribution in [0.5, 0.6) is 0 Å². The second-order valence-electron chi connectivity index (χ2n) is 10.7. The smallest absolute Gasteiger partial charge is 0.276 e. The topological polar surface area (TPSA) is 146 Å². The molecule has 3 aromatic heterocycles. The van der Waals surface area contributed by atoms with Gasteiger partial charge in [-0.15, -0.1) is 0 Å². The van der Waals surface area contributed by atoms with Gasteiger partial charge in [0.05, 0.1) is 28.4 Å². The van der Waals surface area contributed by atoms with Crippen LogP contribution in [0.25, 0.3) is 16.7 Å². The van der Waals surface area contributed by atoms with E-state index in [9.17, 15) is 20.2 Å². The van der Waals surface area contributed by atoms with Crippen molar-refractivity contribution in [2.75, 3.05) is 11.4 Å². The molecule has 0 saturated carbocycles. The van der Waals surface area contributed by atoms with E-state index >= 15 is 0 Å². The van der Waals surface area contributed by atoms with E-state index in [1.165, 1.54) is 17.7 Å². The summed E-state index contributed by atoms with van der Waals surface area (Å²) in [4.78, 5) is 33.1. The van der Waals surface area contributed by atoms with Crippen molar-refractivity contribution in [3.05, 3.63) is 98.5 Å². The summed E-state index contributed by atoms with van der Waals surface area (Å²) < 4.78 is 7.49. The summed E-state index contributed by atoms with van der Waals surface area (Å²) in [6, 6.07) is 7.53. The number of hydrogen-bond donors (Lipinski definition) is 0. The highest BCUT2D eigenvalue weighted by atomic mass is 16.6. The first-order valence-corrected chi connectivity index (χ1v) is 13.4. The first kappa shape index (κ1) is 27.7. The van der Waals surface area contributed by atoms with Crippen molar-refractivity contribution in [2.24, 2.45) is 18.9 Å². The predicted molar refractivity (Wildman–Crippen MR) is 153 cm³/mol. The number of nitrogens with zero attached hydrogens (tertiary/aromatic N) is 7. The number of aryl methyl sites for hydroxylation is 1. The molecular weight excluding hydrogens is 526 g/mol. The van der Waals surface area contributed by atoms with Crippen LogP contribution < -0.4 is 4.90 Å². The molecule has 0 aliphatic heterocycles. The van der Waals surface area contributed by atoms with Crippen molar-refractivity contribution in [1.82, 2.24) is 19.7 Å². The van der Waals surface area contributed by atoms with Gasteiger partial charge in [-0.05, 0) is 59.9 Å². The molecule has 41 heavy (non-hydrogen) atoms. The molecule has 5 rings (SSSR count). The van der Waals surface area contributed by atoms with E-state index in [4.69, 9.17) is 4.42 Å². The molecule has 0 saturated heterocycles. The number of non-ortho nitro benzene ring substituents is 2. The fourth-order valence-corrected chi connectivity index (χ4v) is 5.34. The molecule has 12 heteroatoms. The Labute approximate surface area is 236 Å². The summed E-state index contributed by atoms with van der Waals surface area (Å²) in [5.74, 6) is 2.20. The zero-order valence-electron chi connectivity index (χ0n) is 23.1. The molecule has 0 amide bonds. The molecule has 1 atom stereocenters. The van der Waals surface area contributed by atoms with Crippen LogP contribution in [0, 0.1) is 32.1 Å².